The van der Waals surface area contributed by atoms with Crippen LogP contribution in [0.5, 0.6) is 5.75 Å². The van der Waals surface area contributed by atoms with Gasteiger partial charge in [0.25, 0.3) is 0 Å². The summed E-state index contributed by atoms with van der Waals surface area (Å²) in [5.74, 6) is -1.56. The summed E-state index contributed by atoms with van der Waals surface area (Å²) < 4.78 is 18.3. The molecule has 0 amide bonds. The zero-order valence-electron chi connectivity index (χ0n) is 8.82. The highest BCUT2D eigenvalue weighted by Crippen LogP contribution is 2.30. The summed E-state index contributed by atoms with van der Waals surface area (Å²) in [6.07, 6.45) is 0. The average molecular weight is 227 g/mol. The van der Waals surface area contributed by atoms with Gasteiger partial charge in [-0.3, -0.25) is 14.9 Å². The van der Waals surface area contributed by atoms with Gasteiger partial charge < -0.3 is 4.74 Å². The molecule has 0 saturated heterocycles. The highest BCUT2D eigenvalue weighted by Gasteiger charge is 2.21. The van der Waals surface area contributed by atoms with Crippen molar-refractivity contribution >= 4 is 11.5 Å². The number of nitro groups is 1. The van der Waals surface area contributed by atoms with Crippen LogP contribution in [0.15, 0.2) is 12.1 Å². The first kappa shape index (κ1) is 12.1. The molecule has 1 aromatic rings. The van der Waals surface area contributed by atoms with Crippen LogP contribution in [-0.2, 0) is 0 Å². The summed E-state index contributed by atoms with van der Waals surface area (Å²) in [4.78, 5) is 21.0. The van der Waals surface area contributed by atoms with Crippen LogP contribution in [0.1, 0.15) is 24.2 Å². The van der Waals surface area contributed by atoms with Crippen molar-refractivity contribution in [2.45, 2.75) is 13.8 Å². The van der Waals surface area contributed by atoms with E-state index in [1.807, 2.05) is 0 Å². The van der Waals surface area contributed by atoms with Crippen LogP contribution in [0.3, 0.4) is 0 Å². The average Bonchev–Trinajstić information content (AvgIpc) is 2.17. The molecule has 0 N–H and O–H groups in total. The van der Waals surface area contributed by atoms with E-state index in [2.05, 4.69) is 0 Å². The van der Waals surface area contributed by atoms with Crippen LogP contribution in [0.4, 0.5) is 10.1 Å². The molecule has 0 bridgehead atoms. The van der Waals surface area contributed by atoms with Gasteiger partial charge in [0.2, 0.25) is 0 Å². The SMILES string of the molecule is CCOc1cc(F)c(C(C)=O)cc1[N+](=O)[O-]. The van der Waals surface area contributed by atoms with Gasteiger partial charge in [-0.2, -0.15) is 0 Å². The number of carbonyl (C=O) groups is 1. The number of benzene rings is 1. The zero-order valence-corrected chi connectivity index (χ0v) is 8.82. The molecule has 0 aliphatic carbocycles. The minimum atomic E-state index is -0.818. The van der Waals surface area contributed by atoms with Gasteiger partial charge in [-0.15, -0.1) is 0 Å². The molecule has 1 aromatic carbocycles. The van der Waals surface area contributed by atoms with Crippen LogP contribution >= 0.6 is 0 Å². The maximum absolute atomic E-state index is 13.3. The minimum Gasteiger partial charge on any atom is -0.487 e. The summed E-state index contributed by atoms with van der Waals surface area (Å²) in [5.41, 5.74) is -0.719. The largest absolute Gasteiger partial charge is 0.487 e. The minimum absolute atomic E-state index is 0.171. The number of rotatable bonds is 4. The molecule has 0 radical (unpaired) electrons. The fourth-order valence-corrected chi connectivity index (χ4v) is 1.23. The Morgan fingerprint density at radius 3 is 2.62 bits per heavy atom. The topological polar surface area (TPSA) is 69.4 Å². The van der Waals surface area contributed by atoms with Crippen molar-refractivity contribution in [2.75, 3.05) is 6.61 Å². The van der Waals surface area contributed by atoms with E-state index in [9.17, 15) is 19.3 Å². The predicted octanol–water partition coefficient (Wildman–Crippen LogP) is 2.34. The maximum Gasteiger partial charge on any atom is 0.311 e. The third kappa shape index (κ3) is 2.33. The van der Waals surface area contributed by atoms with Gasteiger partial charge in [-0.05, 0) is 13.8 Å². The summed E-state index contributed by atoms with van der Waals surface area (Å²) in [5, 5.41) is 10.7. The third-order valence-electron chi connectivity index (χ3n) is 1.92. The Morgan fingerprint density at radius 2 is 2.19 bits per heavy atom. The monoisotopic (exact) mass is 227 g/mol. The molecule has 5 nitrogen and oxygen atoms in total. The first-order chi connectivity index (χ1) is 7.47. The van der Waals surface area contributed by atoms with Crippen molar-refractivity contribution in [2.24, 2.45) is 0 Å². The number of Topliss-reactive ketones (excluding diaryl/α,β-unsaturated/α-hetero) is 1. The lowest BCUT2D eigenvalue weighted by atomic mass is 10.1. The Kier molecular flexibility index (Phi) is 3.55. The summed E-state index contributed by atoms with van der Waals surface area (Å²) in [7, 11) is 0. The zero-order chi connectivity index (χ0) is 12.3. The molecular formula is C10H10FNO4. The second kappa shape index (κ2) is 4.69. The molecule has 0 unspecified atom stereocenters. The standard InChI is InChI=1S/C10H10FNO4/c1-3-16-10-5-8(11)7(6(2)13)4-9(10)12(14)15/h4-5H,3H2,1-2H3. The highest BCUT2D eigenvalue weighted by atomic mass is 19.1. The Morgan fingerprint density at radius 1 is 1.56 bits per heavy atom. The number of ketones is 1. The van der Waals surface area contributed by atoms with E-state index in [-0.39, 0.29) is 17.9 Å². The van der Waals surface area contributed by atoms with Crippen LogP contribution in [0, 0.1) is 15.9 Å². The molecular weight excluding hydrogens is 217 g/mol. The van der Waals surface area contributed by atoms with Crippen LogP contribution in [0.2, 0.25) is 0 Å². The maximum atomic E-state index is 13.3. The summed E-state index contributed by atoms with van der Waals surface area (Å²) in [6, 6.07) is 1.75. The van der Waals surface area contributed by atoms with Gasteiger partial charge in [0.05, 0.1) is 17.1 Å². The molecule has 0 heterocycles. The van der Waals surface area contributed by atoms with Crippen LogP contribution in [-0.4, -0.2) is 17.3 Å². The number of nitro benzene ring substituents is 1. The Labute approximate surface area is 91.0 Å². The molecule has 0 spiro atoms. The fraction of sp³-hybridized carbons (Fsp3) is 0.300. The van der Waals surface area contributed by atoms with E-state index < -0.39 is 22.2 Å². The van der Waals surface area contributed by atoms with Crippen LogP contribution < -0.4 is 4.74 Å². The quantitative estimate of drug-likeness (QED) is 0.449. The summed E-state index contributed by atoms with van der Waals surface area (Å²) >= 11 is 0. The van der Waals surface area contributed by atoms with E-state index in [0.29, 0.717) is 0 Å². The Balaban J connectivity index is 3.36. The van der Waals surface area contributed by atoms with Gasteiger partial charge in [0.1, 0.15) is 5.82 Å². The second-order valence-electron chi connectivity index (χ2n) is 3.05. The molecule has 0 fully saturated rings. The van der Waals surface area contributed by atoms with E-state index >= 15 is 0 Å². The Hall–Kier alpha value is -1.98. The normalized spacial score (nSPS) is 9.94. The fourth-order valence-electron chi connectivity index (χ4n) is 1.23. The number of halogens is 1. The highest BCUT2D eigenvalue weighted by molar-refractivity contribution is 5.95. The molecule has 0 saturated carbocycles. The lowest BCUT2D eigenvalue weighted by Gasteiger charge is -2.06. The molecule has 0 atom stereocenters. The molecule has 0 aliphatic heterocycles. The second-order valence-corrected chi connectivity index (χ2v) is 3.05. The lowest BCUT2D eigenvalue weighted by Crippen LogP contribution is -2.03. The summed E-state index contributed by atoms with van der Waals surface area (Å²) in [6.45, 7) is 2.95. The first-order valence-electron chi connectivity index (χ1n) is 4.59. The van der Waals surface area contributed by atoms with E-state index in [0.717, 1.165) is 19.1 Å². The molecule has 1 rings (SSSR count). The van der Waals surface area contributed by atoms with E-state index in [4.69, 9.17) is 4.74 Å². The van der Waals surface area contributed by atoms with E-state index in [1.165, 1.54) is 0 Å². The molecule has 86 valence electrons. The molecule has 0 aromatic heterocycles. The van der Waals surface area contributed by atoms with Gasteiger partial charge in [0, 0.05) is 12.1 Å². The number of hydrogen-bond acceptors (Lipinski definition) is 4. The van der Waals surface area contributed by atoms with Crippen molar-refractivity contribution in [3.63, 3.8) is 0 Å². The van der Waals surface area contributed by atoms with Crippen molar-refractivity contribution < 1.29 is 18.8 Å². The van der Waals surface area contributed by atoms with Gasteiger partial charge in [0.15, 0.2) is 11.5 Å². The van der Waals surface area contributed by atoms with Crippen molar-refractivity contribution in [3.05, 3.63) is 33.6 Å². The molecule has 6 heteroatoms. The van der Waals surface area contributed by atoms with Gasteiger partial charge in [-0.1, -0.05) is 0 Å². The lowest BCUT2D eigenvalue weighted by molar-refractivity contribution is -0.385. The first-order valence-corrected chi connectivity index (χ1v) is 4.59. The van der Waals surface area contributed by atoms with Crippen molar-refractivity contribution in [3.8, 4) is 5.75 Å². The molecule has 0 aliphatic rings. The van der Waals surface area contributed by atoms with Crippen LogP contribution in [0.25, 0.3) is 0 Å². The molecule has 16 heavy (non-hydrogen) atoms. The van der Waals surface area contributed by atoms with E-state index in [1.54, 1.807) is 6.92 Å². The number of carbonyl (C=O) groups excluding carboxylic acids is 1. The predicted molar refractivity (Wildman–Crippen MR) is 54.2 cm³/mol. The number of ether oxygens (including phenoxy) is 1. The number of hydrogen-bond donors (Lipinski definition) is 0. The number of nitrogens with zero attached hydrogens (tertiary/aromatic N) is 1. The Bertz CT molecular complexity index is 445. The smallest absolute Gasteiger partial charge is 0.311 e. The van der Waals surface area contributed by atoms with Gasteiger partial charge in [-0.25, -0.2) is 4.39 Å². The van der Waals surface area contributed by atoms with Crippen molar-refractivity contribution in [1.29, 1.82) is 0 Å². The van der Waals surface area contributed by atoms with Crippen molar-refractivity contribution in [1.82, 2.24) is 0 Å². The third-order valence-corrected chi connectivity index (χ3v) is 1.92. The van der Waals surface area contributed by atoms with Gasteiger partial charge >= 0.3 is 5.69 Å².